The second kappa shape index (κ2) is 5.07. The second-order valence-corrected chi connectivity index (χ2v) is 3.71. The molecule has 45 valence electrons. The molecule has 5 heteroatoms. The van der Waals surface area contributed by atoms with Crippen LogP contribution in [0.15, 0.2) is 0 Å². The fourth-order valence-corrected chi connectivity index (χ4v) is 0.415. The molecule has 0 saturated heterocycles. The fourth-order valence-electron chi connectivity index (χ4n) is 0.138. The van der Waals surface area contributed by atoms with Crippen LogP contribution in [0.3, 0.4) is 0 Å². The molecule has 1 atom stereocenters. The van der Waals surface area contributed by atoms with Gasteiger partial charge in [0.2, 0.25) is 7.37 Å². The molecule has 0 heterocycles. The van der Waals surface area contributed by atoms with Crippen molar-refractivity contribution in [2.45, 2.75) is 0 Å². The van der Waals surface area contributed by atoms with Crippen molar-refractivity contribution in [3.8, 4) is 0 Å². The normalized spacial score (nSPS) is 16.4. The van der Waals surface area contributed by atoms with Gasteiger partial charge < -0.3 is 9.63 Å². The molecule has 1 N–H and O–H groups in total. The minimum absolute atomic E-state index is 0. The van der Waals surface area contributed by atoms with E-state index in [9.17, 15) is 4.57 Å². The van der Waals surface area contributed by atoms with Crippen LogP contribution in [0, 0.1) is 7.11 Å². The van der Waals surface area contributed by atoms with Crippen LogP contribution in [-0.2, 0) is 42.0 Å². The van der Waals surface area contributed by atoms with Crippen molar-refractivity contribution in [3.05, 3.63) is 7.11 Å². The van der Waals surface area contributed by atoms with Gasteiger partial charge in [-0.05, 0) is 0 Å². The summed E-state index contributed by atoms with van der Waals surface area (Å²) in [5, 5.41) is 0. The summed E-state index contributed by atoms with van der Waals surface area (Å²) < 4.78 is 14.1. The van der Waals surface area contributed by atoms with Gasteiger partial charge >= 0.3 is 0 Å². The zero-order chi connectivity index (χ0) is 5.91. The van der Waals surface area contributed by atoms with Crippen molar-refractivity contribution in [2.75, 3.05) is 13.0 Å². The minimum Gasteiger partial charge on any atom is -0.362 e. The van der Waals surface area contributed by atoms with Crippen molar-refractivity contribution in [2.24, 2.45) is 0 Å². The van der Waals surface area contributed by atoms with Gasteiger partial charge in [-0.2, -0.15) is 0 Å². The van der Waals surface area contributed by atoms with Gasteiger partial charge in [0.05, 0.1) is 0 Å². The maximum atomic E-state index is 10.2. The molecule has 0 aliphatic heterocycles. The van der Waals surface area contributed by atoms with Crippen LogP contribution in [0.4, 0.5) is 0 Å². The van der Waals surface area contributed by atoms with Crippen molar-refractivity contribution in [1.82, 2.24) is 0 Å². The van der Waals surface area contributed by atoms with Gasteiger partial charge in [0.15, 0.2) is 0 Å². The monoisotopic (exact) mass is 211 g/mol. The molecule has 0 aliphatic rings. The zero-order valence-electron chi connectivity index (χ0n) is 4.57. The van der Waals surface area contributed by atoms with E-state index in [2.05, 4.69) is 11.8 Å². The van der Waals surface area contributed by atoms with E-state index in [1.807, 2.05) is 0 Å². The van der Waals surface area contributed by atoms with E-state index in [0.717, 1.165) is 0 Å². The van der Waals surface area contributed by atoms with Gasteiger partial charge in [0, 0.05) is 39.4 Å². The van der Waals surface area contributed by atoms with Gasteiger partial charge in [-0.1, -0.05) is 0 Å². The van der Waals surface area contributed by atoms with E-state index >= 15 is 0 Å². The molecule has 0 spiro atoms. The van der Waals surface area contributed by atoms with Crippen LogP contribution in [0.1, 0.15) is 0 Å². The zero-order valence-corrected chi connectivity index (χ0v) is 8.31. The summed E-state index contributed by atoms with van der Waals surface area (Å²) in [5.74, 6) is 0. The van der Waals surface area contributed by atoms with Crippen LogP contribution in [0.25, 0.3) is 0 Å². The van der Waals surface area contributed by atoms with E-state index in [1.165, 1.54) is 6.66 Å². The molecule has 0 aromatic carbocycles. The largest absolute Gasteiger partial charge is 0.362 e. The molecule has 0 bridgehead atoms. The topological polar surface area (TPSA) is 46.5 Å². The Bertz CT molecular complexity index is 88.5. The van der Waals surface area contributed by atoms with Crippen molar-refractivity contribution < 1.29 is 46.9 Å². The summed E-state index contributed by atoms with van der Waals surface area (Å²) in [6.45, 7) is 1.18. The maximum Gasteiger partial charge on any atom is 0.222 e. The number of hydrogen-bond acceptors (Lipinski definition) is 2. The Labute approximate surface area is 74.1 Å². The van der Waals surface area contributed by atoms with Gasteiger partial charge in [-0.15, -0.1) is 0 Å². The van der Waals surface area contributed by atoms with E-state index in [0.29, 0.717) is 0 Å². The van der Waals surface area contributed by atoms with Gasteiger partial charge in [-0.3, -0.25) is 4.57 Å². The molecule has 0 aromatic rings. The van der Waals surface area contributed by atoms with E-state index in [1.54, 1.807) is 0 Å². The van der Waals surface area contributed by atoms with Gasteiger partial charge in [0.1, 0.15) is 13.5 Å². The predicted molar refractivity (Wildman–Crippen MR) is 26.0 cm³/mol. The van der Waals surface area contributed by atoms with Crippen molar-refractivity contribution >= 4 is 7.37 Å². The van der Waals surface area contributed by atoms with Crippen LogP contribution in [0.5, 0.6) is 0 Å². The standard InChI is InChI=1S/C3H7O3P.Y/c1-6-3-7(2,4)5;/h1H,3H2,2H3,(H,4,5);. The summed E-state index contributed by atoms with van der Waals surface area (Å²) in [4.78, 5) is 8.37. The molecule has 0 amide bonds. The summed E-state index contributed by atoms with van der Waals surface area (Å²) in [6, 6.07) is 0. The average Bonchev–Trinajstić information content (AvgIpc) is 1.30. The van der Waals surface area contributed by atoms with E-state index in [4.69, 9.17) is 4.89 Å². The molecule has 3 nitrogen and oxygen atoms in total. The van der Waals surface area contributed by atoms with E-state index in [-0.39, 0.29) is 39.1 Å². The van der Waals surface area contributed by atoms with Crippen LogP contribution in [0.2, 0.25) is 0 Å². The van der Waals surface area contributed by atoms with Crippen LogP contribution in [-0.4, -0.2) is 17.9 Å². The molecule has 0 rings (SSSR count). The fraction of sp³-hybridized carbons (Fsp3) is 0.667. The molecular weight excluding hydrogens is 204 g/mol. The predicted octanol–water partition coefficient (Wildman–Crippen LogP) is 0.527. The first-order valence-corrected chi connectivity index (χ1v) is 3.96. The Hall–Kier alpha value is 1.25. The molecule has 0 aliphatic carbocycles. The first-order valence-electron chi connectivity index (χ1n) is 1.67. The third kappa shape index (κ3) is 10.3. The van der Waals surface area contributed by atoms with Gasteiger partial charge in [-0.25, -0.2) is 0 Å². The van der Waals surface area contributed by atoms with E-state index < -0.39 is 7.37 Å². The SMILES string of the molecule is [CH]OCP(C)(=O)O.[Y]. The second-order valence-electron chi connectivity index (χ2n) is 1.35. The summed E-state index contributed by atoms with van der Waals surface area (Å²) in [5.41, 5.74) is 0. The quantitative estimate of drug-likeness (QED) is 0.677. The molecule has 0 saturated carbocycles. The minimum atomic E-state index is -3.01. The average molecular weight is 211 g/mol. The summed E-state index contributed by atoms with van der Waals surface area (Å²) >= 11 is 0. The first kappa shape index (κ1) is 12.0. The Morgan fingerprint density at radius 2 is 2.25 bits per heavy atom. The van der Waals surface area contributed by atoms with Crippen LogP contribution < -0.4 is 0 Å². The molecule has 3 radical (unpaired) electrons. The first-order chi connectivity index (χ1) is 3.06. The van der Waals surface area contributed by atoms with Crippen molar-refractivity contribution in [3.63, 3.8) is 0 Å². The Balaban J connectivity index is 0. The smallest absolute Gasteiger partial charge is 0.222 e. The molecule has 0 fully saturated rings. The van der Waals surface area contributed by atoms with Crippen LogP contribution >= 0.6 is 7.37 Å². The maximum absolute atomic E-state index is 10.2. The molecular formula is C3H7O3PY. The Kier molecular flexibility index (Phi) is 7.60. The summed E-state index contributed by atoms with van der Waals surface area (Å²) in [6.07, 6.45) is -0.271. The third-order valence-corrected chi connectivity index (χ3v) is 0.942. The number of hydrogen-bond donors (Lipinski definition) is 1. The Morgan fingerprint density at radius 1 is 1.88 bits per heavy atom. The number of ether oxygens (including phenoxy) is 1. The Morgan fingerprint density at radius 3 is 2.25 bits per heavy atom. The molecule has 0 aromatic heterocycles. The molecule has 1 unspecified atom stereocenters. The van der Waals surface area contributed by atoms with Crippen molar-refractivity contribution in [1.29, 1.82) is 0 Å². The number of rotatable bonds is 2. The molecule has 8 heavy (non-hydrogen) atoms. The summed E-state index contributed by atoms with van der Waals surface area (Å²) in [7, 11) is 1.47. The van der Waals surface area contributed by atoms with Gasteiger partial charge in [0.25, 0.3) is 0 Å². The third-order valence-electron chi connectivity index (χ3n) is 0.314.